The molecule has 1 heterocycles. The van der Waals surface area contributed by atoms with Gasteiger partial charge in [0.1, 0.15) is 12.2 Å². The first-order valence-electron chi connectivity index (χ1n) is 7.71. The monoisotopic (exact) mass is 336 g/mol. The second kappa shape index (κ2) is 7.60. The fourth-order valence-electron chi connectivity index (χ4n) is 2.41. The predicted molar refractivity (Wildman–Crippen MR) is 86.1 cm³/mol. The van der Waals surface area contributed by atoms with E-state index in [0.717, 1.165) is 25.7 Å². The molecule has 0 unspecified atom stereocenters. The second-order valence-electron chi connectivity index (χ2n) is 6.40. The first-order chi connectivity index (χ1) is 11.0. The molecular formula is C16H21ClN4O2. The fraction of sp³-hybridized carbons (Fsp3) is 0.625. The van der Waals surface area contributed by atoms with Gasteiger partial charge in [-0.15, -0.1) is 11.6 Å². The van der Waals surface area contributed by atoms with Gasteiger partial charge in [-0.05, 0) is 39.5 Å². The van der Waals surface area contributed by atoms with Crippen LogP contribution in [-0.4, -0.2) is 33.9 Å². The zero-order chi connectivity index (χ0) is 16.9. The van der Waals surface area contributed by atoms with E-state index in [2.05, 4.69) is 15.3 Å². The number of ether oxygens (including phenoxy) is 1. The Morgan fingerprint density at radius 1 is 1.39 bits per heavy atom. The molecule has 1 fully saturated rings. The normalized spacial score (nSPS) is 21.3. The third-order valence-corrected chi connectivity index (χ3v) is 4.68. The van der Waals surface area contributed by atoms with Gasteiger partial charge in [0.05, 0.1) is 5.41 Å². The lowest BCUT2D eigenvalue weighted by Gasteiger charge is -2.31. The van der Waals surface area contributed by atoms with E-state index < -0.39 is 5.41 Å². The minimum absolute atomic E-state index is 0.00649. The summed E-state index contributed by atoms with van der Waals surface area (Å²) >= 11 is 5.83. The van der Waals surface area contributed by atoms with Crippen molar-refractivity contribution in [1.82, 2.24) is 15.3 Å². The maximum absolute atomic E-state index is 12.1. The molecule has 1 aliphatic rings. The maximum Gasteiger partial charge on any atom is 0.251 e. The fourth-order valence-corrected chi connectivity index (χ4v) is 2.53. The van der Waals surface area contributed by atoms with E-state index in [-0.39, 0.29) is 29.6 Å². The van der Waals surface area contributed by atoms with Gasteiger partial charge in [-0.1, -0.05) is 0 Å². The molecule has 1 aliphatic carbocycles. The minimum Gasteiger partial charge on any atom is -0.472 e. The van der Waals surface area contributed by atoms with Crippen LogP contribution in [0.25, 0.3) is 0 Å². The number of nitrogens with one attached hydrogen (secondary N) is 1. The van der Waals surface area contributed by atoms with Crippen molar-refractivity contribution < 1.29 is 9.53 Å². The molecule has 2 rings (SSSR count). The van der Waals surface area contributed by atoms with Crippen molar-refractivity contribution in [2.24, 2.45) is 5.41 Å². The maximum atomic E-state index is 12.1. The number of halogens is 1. The van der Waals surface area contributed by atoms with Crippen LogP contribution < -0.4 is 10.1 Å². The highest BCUT2D eigenvalue weighted by Crippen LogP contribution is 2.25. The van der Waals surface area contributed by atoms with Crippen LogP contribution in [0.1, 0.15) is 45.2 Å². The van der Waals surface area contributed by atoms with Gasteiger partial charge in [-0.2, -0.15) is 5.26 Å². The summed E-state index contributed by atoms with van der Waals surface area (Å²) in [5, 5.41) is 12.1. The number of rotatable bonds is 5. The van der Waals surface area contributed by atoms with E-state index in [1.54, 1.807) is 0 Å². The predicted octanol–water partition coefficient (Wildman–Crippen LogP) is 2.42. The molecule has 0 radical (unpaired) electrons. The standard InChI is InChI=1S/C16H21ClN4O2/c1-16(2,10-17)15(22)21-11-3-5-12(6-4-11)23-14-13(9-18)19-7-8-20-14/h7-8,11-12H,3-6,10H2,1-2H3,(H,21,22). The third-order valence-electron chi connectivity index (χ3n) is 4.01. The summed E-state index contributed by atoms with van der Waals surface area (Å²) in [6, 6.07) is 2.12. The molecule has 124 valence electrons. The van der Waals surface area contributed by atoms with Gasteiger partial charge in [-0.25, -0.2) is 9.97 Å². The molecule has 0 aromatic carbocycles. The molecule has 1 N–H and O–H groups in total. The minimum atomic E-state index is -0.559. The SMILES string of the molecule is CC(C)(CCl)C(=O)NC1CCC(Oc2nccnc2C#N)CC1. The van der Waals surface area contributed by atoms with Crippen molar-refractivity contribution in [3.8, 4) is 11.9 Å². The number of nitrogens with zero attached hydrogens (tertiary/aromatic N) is 3. The molecule has 6 nitrogen and oxygen atoms in total. The molecule has 1 saturated carbocycles. The highest BCUT2D eigenvalue weighted by molar-refractivity contribution is 6.19. The highest BCUT2D eigenvalue weighted by atomic mass is 35.5. The van der Waals surface area contributed by atoms with E-state index in [4.69, 9.17) is 21.6 Å². The van der Waals surface area contributed by atoms with E-state index in [9.17, 15) is 4.79 Å². The lowest BCUT2D eigenvalue weighted by Crippen LogP contribution is -2.46. The summed E-state index contributed by atoms with van der Waals surface area (Å²) in [5.41, 5.74) is -0.359. The van der Waals surface area contributed by atoms with Gasteiger partial charge in [0.2, 0.25) is 11.6 Å². The molecule has 0 spiro atoms. The number of amides is 1. The summed E-state index contributed by atoms with van der Waals surface area (Å²) in [4.78, 5) is 20.1. The van der Waals surface area contributed by atoms with Crippen LogP contribution in [-0.2, 0) is 4.79 Å². The van der Waals surface area contributed by atoms with Crippen LogP contribution >= 0.6 is 11.6 Å². The number of nitriles is 1. The molecule has 0 saturated heterocycles. The largest absolute Gasteiger partial charge is 0.472 e. The van der Waals surface area contributed by atoms with E-state index in [1.807, 2.05) is 19.9 Å². The van der Waals surface area contributed by atoms with E-state index in [1.165, 1.54) is 12.4 Å². The van der Waals surface area contributed by atoms with Gasteiger partial charge in [0.15, 0.2) is 0 Å². The Hall–Kier alpha value is -1.87. The zero-order valence-corrected chi connectivity index (χ0v) is 14.1. The quantitative estimate of drug-likeness (QED) is 0.834. The molecule has 1 aromatic heterocycles. The molecule has 0 bridgehead atoms. The van der Waals surface area contributed by atoms with Crippen molar-refractivity contribution in [3.05, 3.63) is 18.1 Å². The van der Waals surface area contributed by atoms with Crippen molar-refractivity contribution in [3.63, 3.8) is 0 Å². The summed E-state index contributed by atoms with van der Waals surface area (Å²) in [6.45, 7) is 3.67. The first kappa shape index (κ1) is 17.5. The van der Waals surface area contributed by atoms with Crippen molar-refractivity contribution in [1.29, 1.82) is 5.26 Å². The van der Waals surface area contributed by atoms with Gasteiger partial charge in [0, 0.05) is 24.3 Å². The first-order valence-corrected chi connectivity index (χ1v) is 8.24. The third kappa shape index (κ3) is 4.55. The van der Waals surface area contributed by atoms with Crippen LogP contribution in [0, 0.1) is 16.7 Å². The number of aromatic nitrogens is 2. The number of carbonyl (C=O) groups is 1. The van der Waals surface area contributed by atoms with Crippen molar-refractivity contribution >= 4 is 17.5 Å². The number of hydrogen-bond donors (Lipinski definition) is 1. The number of hydrogen-bond acceptors (Lipinski definition) is 5. The smallest absolute Gasteiger partial charge is 0.251 e. The van der Waals surface area contributed by atoms with Crippen LogP contribution in [0.2, 0.25) is 0 Å². The van der Waals surface area contributed by atoms with Gasteiger partial charge >= 0.3 is 0 Å². The molecular weight excluding hydrogens is 316 g/mol. The van der Waals surface area contributed by atoms with Crippen molar-refractivity contribution in [2.75, 3.05) is 5.88 Å². The Bertz CT molecular complexity index is 592. The van der Waals surface area contributed by atoms with Crippen molar-refractivity contribution in [2.45, 2.75) is 51.7 Å². The molecule has 23 heavy (non-hydrogen) atoms. The molecule has 7 heteroatoms. The second-order valence-corrected chi connectivity index (χ2v) is 6.67. The summed E-state index contributed by atoms with van der Waals surface area (Å²) in [5.74, 6) is 0.560. The molecule has 0 atom stereocenters. The Morgan fingerprint density at radius 2 is 2.04 bits per heavy atom. The highest BCUT2D eigenvalue weighted by Gasteiger charge is 2.30. The Morgan fingerprint density at radius 3 is 2.65 bits per heavy atom. The summed E-state index contributed by atoms with van der Waals surface area (Å²) in [7, 11) is 0. The number of alkyl halides is 1. The Labute approximate surface area is 141 Å². The Balaban J connectivity index is 1.85. The average Bonchev–Trinajstić information content (AvgIpc) is 2.57. The van der Waals surface area contributed by atoms with Crippen LogP contribution in [0.4, 0.5) is 0 Å². The summed E-state index contributed by atoms with van der Waals surface area (Å²) < 4.78 is 5.79. The van der Waals surface area contributed by atoms with Crippen LogP contribution in [0.3, 0.4) is 0 Å². The topological polar surface area (TPSA) is 87.9 Å². The molecule has 0 aliphatic heterocycles. The molecule has 1 aromatic rings. The zero-order valence-electron chi connectivity index (χ0n) is 13.4. The average molecular weight is 337 g/mol. The summed E-state index contributed by atoms with van der Waals surface area (Å²) in [6.07, 6.45) is 6.23. The van der Waals surface area contributed by atoms with Gasteiger partial charge in [0.25, 0.3) is 5.88 Å². The lowest BCUT2D eigenvalue weighted by molar-refractivity contribution is -0.129. The van der Waals surface area contributed by atoms with Crippen LogP contribution in [0.15, 0.2) is 12.4 Å². The Kier molecular flexibility index (Phi) is 5.78. The number of carbonyl (C=O) groups excluding carboxylic acids is 1. The van der Waals surface area contributed by atoms with E-state index in [0.29, 0.717) is 5.88 Å². The lowest BCUT2D eigenvalue weighted by atomic mass is 9.90. The molecule has 1 amide bonds. The van der Waals surface area contributed by atoms with E-state index >= 15 is 0 Å². The van der Waals surface area contributed by atoms with Crippen LogP contribution in [0.5, 0.6) is 5.88 Å². The van der Waals surface area contributed by atoms with Gasteiger partial charge < -0.3 is 10.1 Å². The van der Waals surface area contributed by atoms with Gasteiger partial charge in [-0.3, -0.25) is 4.79 Å².